The maximum atomic E-state index is 12.6. The molecule has 0 aliphatic carbocycles. The molecule has 0 aliphatic heterocycles. The van der Waals surface area contributed by atoms with E-state index in [0.717, 1.165) is 37.0 Å². The molecule has 0 aliphatic rings. The third kappa shape index (κ3) is 40.4. The molecule has 0 saturated carbocycles. The Morgan fingerprint density at radius 1 is 0.577 bits per heavy atom. The molecule has 0 rings (SSSR count). The van der Waals surface area contributed by atoms with Crippen molar-refractivity contribution >= 4 is 13.8 Å². The normalized spacial score (nSPS) is 13.7. The van der Waals surface area contributed by atoms with E-state index in [2.05, 4.69) is 26.0 Å². The van der Waals surface area contributed by atoms with Crippen LogP contribution in [0.25, 0.3) is 0 Å². The van der Waals surface area contributed by atoms with Crippen molar-refractivity contribution in [1.82, 2.24) is 0 Å². The monoisotopic (exact) mass is 760 g/mol. The fourth-order valence-corrected chi connectivity index (χ4v) is 6.98. The molecule has 0 fully saturated rings. The molecule has 310 valence electrons. The molecule has 0 spiro atoms. The second-order valence-corrected chi connectivity index (χ2v) is 16.8. The summed E-state index contributed by atoms with van der Waals surface area (Å²) in [5.41, 5.74) is 0. The van der Waals surface area contributed by atoms with Crippen molar-refractivity contribution in [2.24, 2.45) is 0 Å². The van der Waals surface area contributed by atoms with E-state index in [0.29, 0.717) is 19.6 Å². The molecular formula is C43H86NO7P. The van der Waals surface area contributed by atoms with Gasteiger partial charge in [0.2, 0.25) is 0 Å². The Hall–Kier alpha value is -0.760. The summed E-state index contributed by atoms with van der Waals surface area (Å²) in [6.45, 7) is 5.47. The van der Waals surface area contributed by atoms with Crippen LogP contribution in [0, 0.1) is 0 Å². The highest BCUT2D eigenvalue weighted by atomic mass is 31.2. The first-order valence-electron chi connectivity index (χ1n) is 22.1. The zero-order valence-electron chi connectivity index (χ0n) is 34.8. The van der Waals surface area contributed by atoms with Crippen LogP contribution in [0.4, 0.5) is 0 Å². The van der Waals surface area contributed by atoms with Crippen LogP contribution in [0.15, 0.2) is 12.2 Å². The molecule has 0 bridgehead atoms. The third-order valence-corrected chi connectivity index (χ3v) is 10.6. The maximum absolute atomic E-state index is 12.6. The first-order valence-corrected chi connectivity index (χ1v) is 23.6. The zero-order valence-corrected chi connectivity index (χ0v) is 35.7. The van der Waals surface area contributed by atoms with Gasteiger partial charge in [-0.3, -0.25) is 9.36 Å². The van der Waals surface area contributed by atoms with Gasteiger partial charge in [0.15, 0.2) is 0 Å². The topological polar surface area (TPSA) is 98.6 Å². The number of carbonyl (C=O) groups excluding carboxylic acids is 1. The van der Waals surface area contributed by atoms with Crippen molar-refractivity contribution in [2.45, 2.75) is 213 Å². The van der Waals surface area contributed by atoms with Crippen LogP contribution in [0.2, 0.25) is 0 Å². The van der Waals surface area contributed by atoms with E-state index in [9.17, 15) is 14.3 Å². The number of likely N-dealkylation sites (N-methyl/N-ethyl adjacent to an activating group) is 1. The third-order valence-electron chi connectivity index (χ3n) is 9.66. The fraction of sp³-hybridized carbons (Fsp3) is 0.930. The van der Waals surface area contributed by atoms with E-state index in [-0.39, 0.29) is 25.8 Å². The van der Waals surface area contributed by atoms with E-state index < -0.39 is 13.9 Å². The number of esters is 1. The quantitative estimate of drug-likeness (QED) is 0.0286. The summed E-state index contributed by atoms with van der Waals surface area (Å²) in [5.74, 6) is -0.334. The zero-order chi connectivity index (χ0) is 38.2. The summed E-state index contributed by atoms with van der Waals surface area (Å²) in [6.07, 6.45) is 40.7. The minimum Gasteiger partial charge on any atom is -0.756 e. The Kier molecular flexibility index (Phi) is 39.3. The lowest BCUT2D eigenvalue weighted by molar-refractivity contribution is -0.858. The Labute approximate surface area is 322 Å². The van der Waals surface area contributed by atoms with Crippen molar-refractivity contribution in [2.75, 3.05) is 47.1 Å². The van der Waals surface area contributed by atoms with E-state index in [1.807, 2.05) is 14.1 Å². The molecule has 0 amide bonds. The molecule has 0 aromatic carbocycles. The lowest BCUT2D eigenvalue weighted by Crippen LogP contribution is -3.06. The number of rotatable bonds is 42. The van der Waals surface area contributed by atoms with Gasteiger partial charge in [-0.05, 0) is 38.5 Å². The van der Waals surface area contributed by atoms with Crippen LogP contribution >= 0.6 is 7.82 Å². The van der Waals surface area contributed by atoms with Gasteiger partial charge in [0.05, 0.1) is 27.3 Å². The average Bonchev–Trinajstić information content (AvgIpc) is 3.11. The summed E-state index contributed by atoms with van der Waals surface area (Å²) in [4.78, 5) is 26.0. The minimum atomic E-state index is -4.49. The van der Waals surface area contributed by atoms with Gasteiger partial charge in [0.25, 0.3) is 7.82 Å². The molecule has 0 aromatic rings. The second kappa shape index (κ2) is 39.9. The number of phosphoric acid groups is 1. The second-order valence-electron chi connectivity index (χ2n) is 15.4. The smallest absolute Gasteiger partial charge is 0.306 e. The lowest BCUT2D eigenvalue weighted by atomic mass is 10.0. The average molecular weight is 760 g/mol. The number of carbonyl (C=O) groups is 1. The standard InChI is InChI=1S/C43H86NO7P/c1-5-7-9-11-13-15-17-19-21-23-25-27-29-31-33-35-38-48-40-42(41-50-52(46,47)49-39-37-44(3)4)51-43(45)36-34-32-30-28-26-24-22-20-18-16-14-12-10-8-6-2/h16,18,42H,5-15,17,19-41H2,1-4H3,(H,46,47)/b18-16-/t42-/m1/s1. The number of phosphoric ester groups is 1. The number of allylic oxidation sites excluding steroid dienone is 2. The van der Waals surface area contributed by atoms with Crippen molar-refractivity contribution in [3.05, 3.63) is 12.2 Å². The van der Waals surface area contributed by atoms with Crippen molar-refractivity contribution in [1.29, 1.82) is 0 Å². The van der Waals surface area contributed by atoms with E-state index in [4.69, 9.17) is 18.5 Å². The van der Waals surface area contributed by atoms with Crippen molar-refractivity contribution in [3.8, 4) is 0 Å². The highest BCUT2D eigenvalue weighted by molar-refractivity contribution is 7.45. The van der Waals surface area contributed by atoms with Crippen LogP contribution in [0.1, 0.15) is 206 Å². The van der Waals surface area contributed by atoms with E-state index in [1.165, 1.54) is 154 Å². The first kappa shape index (κ1) is 51.2. The predicted octanol–water partition coefficient (Wildman–Crippen LogP) is 10.9. The minimum absolute atomic E-state index is 0.0412. The fourth-order valence-electron chi connectivity index (χ4n) is 6.24. The summed E-state index contributed by atoms with van der Waals surface area (Å²) in [6, 6.07) is 0. The van der Waals surface area contributed by atoms with Crippen molar-refractivity contribution in [3.63, 3.8) is 0 Å². The molecule has 2 atom stereocenters. The Morgan fingerprint density at radius 2 is 1.00 bits per heavy atom. The van der Waals surface area contributed by atoms with Gasteiger partial charge in [0, 0.05) is 13.0 Å². The SMILES string of the molecule is CCCCCC/C=C\CCCCCCCCCC(=O)O[C@H](COCCCCCCCCCCCCCCCCCC)COP(=O)([O-])OCC[NH+](C)C. The molecule has 1 N–H and O–H groups in total. The van der Waals surface area contributed by atoms with E-state index >= 15 is 0 Å². The highest BCUT2D eigenvalue weighted by Crippen LogP contribution is 2.38. The summed E-state index contributed by atoms with van der Waals surface area (Å²) < 4.78 is 33.8. The number of ether oxygens (including phenoxy) is 2. The van der Waals surface area contributed by atoms with Crippen LogP contribution in [0.3, 0.4) is 0 Å². The Morgan fingerprint density at radius 3 is 1.48 bits per heavy atom. The molecule has 9 heteroatoms. The molecule has 1 unspecified atom stereocenters. The van der Waals surface area contributed by atoms with E-state index in [1.54, 1.807) is 0 Å². The van der Waals surface area contributed by atoms with Crippen LogP contribution in [-0.4, -0.2) is 59.1 Å². The molecule has 0 aromatic heterocycles. The van der Waals surface area contributed by atoms with Crippen LogP contribution in [0.5, 0.6) is 0 Å². The summed E-state index contributed by atoms with van der Waals surface area (Å²) in [7, 11) is -0.653. The molecule has 0 heterocycles. The maximum Gasteiger partial charge on any atom is 0.306 e. The van der Waals surface area contributed by atoms with Gasteiger partial charge in [-0.15, -0.1) is 0 Å². The number of quaternary nitrogens is 1. The van der Waals surface area contributed by atoms with Crippen molar-refractivity contribution < 1.29 is 37.7 Å². The number of hydrogen-bond donors (Lipinski definition) is 1. The first-order chi connectivity index (χ1) is 25.3. The number of hydrogen-bond acceptors (Lipinski definition) is 7. The van der Waals surface area contributed by atoms with Gasteiger partial charge in [0.1, 0.15) is 19.3 Å². The summed E-state index contributed by atoms with van der Waals surface area (Å²) in [5, 5.41) is 0. The van der Waals surface area contributed by atoms with Gasteiger partial charge < -0.3 is 28.3 Å². The lowest BCUT2D eigenvalue weighted by Gasteiger charge is -2.25. The number of nitrogens with one attached hydrogen (secondary N) is 1. The van der Waals surface area contributed by atoms with Gasteiger partial charge in [-0.2, -0.15) is 0 Å². The largest absolute Gasteiger partial charge is 0.756 e. The van der Waals surface area contributed by atoms with Crippen LogP contribution in [-0.2, 0) is 27.9 Å². The Balaban J connectivity index is 4.13. The molecule has 8 nitrogen and oxygen atoms in total. The highest BCUT2D eigenvalue weighted by Gasteiger charge is 2.19. The molecule has 0 saturated heterocycles. The van der Waals surface area contributed by atoms with Gasteiger partial charge >= 0.3 is 5.97 Å². The predicted molar refractivity (Wildman–Crippen MR) is 217 cm³/mol. The molecule has 0 radical (unpaired) electrons. The number of unbranched alkanes of at least 4 members (excludes halogenated alkanes) is 26. The summed E-state index contributed by atoms with van der Waals surface area (Å²) >= 11 is 0. The van der Waals surface area contributed by atoms with Crippen LogP contribution < -0.4 is 9.79 Å². The Bertz CT molecular complexity index is 825. The van der Waals surface area contributed by atoms with Gasteiger partial charge in [-0.25, -0.2) is 0 Å². The van der Waals surface area contributed by atoms with Gasteiger partial charge in [-0.1, -0.05) is 174 Å². The molecular weight excluding hydrogens is 673 g/mol. The molecule has 52 heavy (non-hydrogen) atoms.